The van der Waals surface area contributed by atoms with E-state index in [2.05, 4.69) is 10.6 Å². The van der Waals surface area contributed by atoms with E-state index in [4.69, 9.17) is 0 Å². The molecule has 2 amide bonds. The minimum absolute atomic E-state index is 0.128. The van der Waals surface area contributed by atoms with E-state index in [0.717, 1.165) is 21.7 Å². The van der Waals surface area contributed by atoms with Gasteiger partial charge in [0, 0.05) is 17.0 Å². The van der Waals surface area contributed by atoms with Crippen molar-refractivity contribution in [2.45, 2.75) is 18.4 Å². The molecule has 1 aliphatic heterocycles. The molecule has 130 valence electrons. The van der Waals surface area contributed by atoms with E-state index in [1.165, 1.54) is 0 Å². The number of carbonyl (C=O) groups is 2. The highest BCUT2D eigenvalue weighted by molar-refractivity contribution is 7.10. The predicted molar refractivity (Wildman–Crippen MR) is 103 cm³/mol. The molecule has 0 bridgehead atoms. The molecule has 3 aromatic rings. The Bertz CT molecular complexity index is 922. The van der Waals surface area contributed by atoms with Crippen LogP contribution < -0.4 is 10.6 Å². The molecule has 0 saturated heterocycles. The van der Waals surface area contributed by atoms with Crippen LogP contribution in [0.3, 0.4) is 0 Å². The van der Waals surface area contributed by atoms with Crippen LogP contribution in [0.1, 0.15) is 34.4 Å². The third-order valence-electron chi connectivity index (χ3n) is 4.56. The Morgan fingerprint density at radius 1 is 1.04 bits per heavy atom. The summed E-state index contributed by atoms with van der Waals surface area (Å²) in [6, 6.07) is 21.2. The van der Waals surface area contributed by atoms with Crippen molar-refractivity contribution in [1.29, 1.82) is 0 Å². The fraction of sp³-hybridized carbons (Fsp3) is 0.143. The molecule has 4 rings (SSSR count). The van der Waals surface area contributed by atoms with Gasteiger partial charge in [-0.2, -0.15) is 0 Å². The Hall–Kier alpha value is -2.92. The topological polar surface area (TPSA) is 58.2 Å². The van der Waals surface area contributed by atoms with Gasteiger partial charge in [0.1, 0.15) is 0 Å². The van der Waals surface area contributed by atoms with Gasteiger partial charge in [0.2, 0.25) is 11.8 Å². The molecule has 26 heavy (non-hydrogen) atoms. The third kappa shape index (κ3) is 3.26. The van der Waals surface area contributed by atoms with Gasteiger partial charge in [0.05, 0.1) is 12.0 Å². The van der Waals surface area contributed by atoms with Crippen LogP contribution in [0.15, 0.2) is 72.1 Å². The van der Waals surface area contributed by atoms with E-state index in [0.29, 0.717) is 0 Å². The highest BCUT2D eigenvalue weighted by Crippen LogP contribution is 2.34. The van der Waals surface area contributed by atoms with Crippen molar-refractivity contribution in [2.24, 2.45) is 0 Å². The lowest BCUT2D eigenvalue weighted by Gasteiger charge is -2.27. The molecule has 2 atom stereocenters. The Labute approximate surface area is 155 Å². The summed E-state index contributed by atoms with van der Waals surface area (Å²) in [4.78, 5) is 26.2. The number of thiophene rings is 1. The highest BCUT2D eigenvalue weighted by Gasteiger charge is 2.32. The van der Waals surface area contributed by atoms with Crippen LogP contribution in [0.25, 0.3) is 0 Å². The summed E-state index contributed by atoms with van der Waals surface area (Å²) in [5.41, 5.74) is 2.61. The van der Waals surface area contributed by atoms with E-state index >= 15 is 0 Å². The van der Waals surface area contributed by atoms with E-state index in [-0.39, 0.29) is 24.3 Å². The van der Waals surface area contributed by atoms with Crippen molar-refractivity contribution >= 4 is 28.8 Å². The van der Waals surface area contributed by atoms with Crippen LogP contribution in [0.2, 0.25) is 0 Å². The maximum Gasteiger partial charge on any atom is 0.228 e. The van der Waals surface area contributed by atoms with Gasteiger partial charge >= 0.3 is 0 Å². The summed E-state index contributed by atoms with van der Waals surface area (Å²) < 4.78 is 0. The maximum absolute atomic E-state index is 13.1. The Kier molecular flexibility index (Phi) is 4.54. The van der Waals surface area contributed by atoms with Crippen LogP contribution in [0.4, 0.5) is 5.69 Å². The van der Waals surface area contributed by atoms with Gasteiger partial charge in [-0.3, -0.25) is 9.59 Å². The second-order valence-corrected chi connectivity index (χ2v) is 7.24. The van der Waals surface area contributed by atoms with Crippen molar-refractivity contribution in [3.05, 3.63) is 88.1 Å². The van der Waals surface area contributed by atoms with E-state index < -0.39 is 5.92 Å². The predicted octanol–water partition coefficient (Wildman–Crippen LogP) is 4.08. The fourth-order valence-electron chi connectivity index (χ4n) is 3.31. The zero-order chi connectivity index (χ0) is 17.9. The van der Waals surface area contributed by atoms with Crippen molar-refractivity contribution < 1.29 is 9.59 Å². The number of nitrogens with one attached hydrogen (secondary N) is 2. The number of benzene rings is 2. The number of amides is 2. The Morgan fingerprint density at radius 3 is 2.58 bits per heavy atom. The SMILES string of the molecule is O=C1CC(C(=O)NC(c2ccccc2)c2cccs2)c2ccccc2N1. The molecule has 0 radical (unpaired) electrons. The molecule has 0 spiro atoms. The summed E-state index contributed by atoms with van der Waals surface area (Å²) in [6.07, 6.45) is 0.162. The Morgan fingerprint density at radius 2 is 1.81 bits per heavy atom. The molecule has 2 aromatic carbocycles. The summed E-state index contributed by atoms with van der Waals surface area (Å²) in [6.45, 7) is 0. The molecule has 4 nitrogen and oxygen atoms in total. The first-order valence-electron chi connectivity index (χ1n) is 8.50. The largest absolute Gasteiger partial charge is 0.344 e. The van der Waals surface area contributed by atoms with E-state index in [1.807, 2.05) is 72.1 Å². The minimum Gasteiger partial charge on any atom is -0.344 e. The molecule has 1 aliphatic rings. The number of carbonyl (C=O) groups excluding carboxylic acids is 2. The number of hydrogen-bond acceptors (Lipinski definition) is 3. The summed E-state index contributed by atoms with van der Waals surface area (Å²) in [5, 5.41) is 8.00. The zero-order valence-electron chi connectivity index (χ0n) is 14.0. The first-order valence-corrected chi connectivity index (χ1v) is 9.38. The molecule has 2 unspecified atom stereocenters. The molecule has 5 heteroatoms. The summed E-state index contributed by atoms with van der Waals surface area (Å²) >= 11 is 1.61. The molecule has 0 saturated carbocycles. The normalized spacial score (nSPS) is 17.1. The second-order valence-electron chi connectivity index (χ2n) is 6.26. The van der Waals surface area contributed by atoms with Crippen molar-refractivity contribution in [3.63, 3.8) is 0 Å². The zero-order valence-corrected chi connectivity index (χ0v) is 14.8. The van der Waals surface area contributed by atoms with Crippen molar-refractivity contribution in [1.82, 2.24) is 5.32 Å². The van der Waals surface area contributed by atoms with Crippen LogP contribution in [0, 0.1) is 0 Å². The van der Waals surface area contributed by atoms with Crippen LogP contribution >= 0.6 is 11.3 Å². The van der Waals surface area contributed by atoms with Gasteiger partial charge in [-0.25, -0.2) is 0 Å². The molecular weight excluding hydrogens is 344 g/mol. The average molecular weight is 362 g/mol. The number of anilines is 1. The van der Waals surface area contributed by atoms with Crippen molar-refractivity contribution in [2.75, 3.05) is 5.32 Å². The van der Waals surface area contributed by atoms with Gasteiger partial charge in [-0.15, -0.1) is 11.3 Å². The van der Waals surface area contributed by atoms with E-state index in [9.17, 15) is 9.59 Å². The van der Waals surface area contributed by atoms with Crippen LogP contribution in [-0.4, -0.2) is 11.8 Å². The highest BCUT2D eigenvalue weighted by atomic mass is 32.1. The van der Waals surface area contributed by atoms with Crippen LogP contribution in [-0.2, 0) is 9.59 Å². The quantitative estimate of drug-likeness (QED) is 0.735. The third-order valence-corrected chi connectivity index (χ3v) is 5.50. The number of hydrogen-bond donors (Lipinski definition) is 2. The van der Waals surface area contributed by atoms with Gasteiger partial charge in [0.25, 0.3) is 0 Å². The second kappa shape index (κ2) is 7.14. The van der Waals surface area contributed by atoms with Gasteiger partial charge in [0.15, 0.2) is 0 Å². The smallest absolute Gasteiger partial charge is 0.228 e. The molecule has 2 N–H and O–H groups in total. The van der Waals surface area contributed by atoms with Crippen molar-refractivity contribution in [3.8, 4) is 0 Å². The van der Waals surface area contributed by atoms with Gasteiger partial charge in [-0.05, 0) is 28.6 Å². The lowest BCUT2D eigenvalue weighted by molar-refractivity contribution is -0.126. The number of fused-ring (bicyclic) bond motifs is 1. The number of rotatable bonds is 4. The monoisotopic (exact) mass is 362 g/mol. The number of para-hydroxylation sites is 1. The van der Waals surface area contributed by atoms with E-state index in [1.54, 1.807) is 11.3 Å². The molecule has 1 aromatic heterocycles. The first kappa shape index (κ1) is 16.5. The lowest BCUT2D eigenvalue weighted by Crippen LogP contribution is -2.37. The molecule has 2 heterocycles. The molecular formula is C21H18N2O2S. The molecule has 0 fully saturated rings. The minimum atomic E-state index is -0.480. The fourth-order valence-corrected chi connectivity index (χ4v) is 4.11. The average Bonchev–Trinajstić information content (AvgIpc) is 3.20. The first-order chi connectivity index (χ1) is 12.7. The molecule has 0 aliphatic carbocycles. The summed E-state index contributed by atoms with van der Waals surface area (Å²) in [5.74, 6) is -0.739. The standard InChI is InChI=1S/C21H18N2O2S/c24-19-13-16(15-9-4-5-10-17(15)22-19)21(25)23-20(18-11-6-12-26-18)14-7-2-1-3-8-14/h1-12,16,20H,13H2,(H,22,24)(H,23,25). The van der Waals surface area contributed by atoms with Crippen LogP contribution in [0.5, 0.6) is 0 Å². The van der Waals surface area contributed by atoms with Gasteiger partial charge < -0.3 is 10.6 Å². The van der Waals surface area contributed by atoms with Gasteiger partial charge in [-0.1, -0.05) is 54.6 Å². The maximum atomic E-state index is 13.1. The Balaban J connectivity index is 1.65. The summed E-state index contributed by atoms with van der Waals surface area (Å²) in [7, 11) is 0. The lowest BCUT2D eigenvalue weighted by atomic mass is 9.89.